The maximum absolute atomic E-state index is 12.0. The third kappa shape index (κ3) is 4.85. The lowest BCUT2D eigenvalue weighted by molar-refractivity contribution is -0.150. The Hall–Kier alpha value is -3.42. The van der Waals surface area contributed by atoms with Crippen LogP contribution in [0.4, 0.5) is 0 Å². The van der Waals surface area contributed by atoms with Crippen molar-refractivity contribution in [3.63, 3.8) is 0 Å². The van der Waals surface area contributed by atoms with E-state index in [1.807, 2.05) is 0 Å². The van der Waals surface area contributed by atoms with Gasteiger partial charge >= 0.3 is 5.97 Å². The molecule has 1 N–H and O–H groups in total. The minimum Gasteiger partial charge on any atom is -0.493 e. The predicted molar refractivity (Wildman–Crippen MR) is 99.1 cm³/mol. The highest BCUT2D eigenvalue weighted by Crippen LogP contribution is 2.40. The molecule has 1 aromatic heterocycles. The first kappa shape index (κ1) is 19.3. The number of esters is 1. The van der Waals surface area contributed by atoms with Crippen molar-refractivity contribution >= 4 is 18.0 Å². The summed E-state index contributed by atoms with van der Waals surface area (Å²) < 4.78 is 26.6. The van der Waals surface area contributed by atoms with Crippen LogP contribution in [0.3, 0.4) is 0 Å². The zero-order chi connectivity index (χ0) is 19.9. The highest BCUT2D eigenvalue weighted by atomic mass is 16.6. The second-order valence-corrected chi connectivity index (χ2v) is 5.96. The largest absolute Gasteiger partial charge is 0.493 e. The van der Waals surface area contributed by atoms with Crippen molar-refractivity contribution in [3.8, 4) is 17.2 Å². The fourth-order valence-corrected chi connectivity index (χ4v) is 2.55. The summed E-state index contributed by atoms with van der Waals surface area (Å²) in [6.07, 6.45) is 3.36. The van der Waals surface area contributed by atoms with Crippen molar-refractivity contribution in [2.24, 2.45) is 0 Å². The van der Waals surface area contributed by atoms with Gasteiger partial charge in [-0.3, -0.25) is 4.79 Å². The summed E-state index contributed by atoms with van der Waals surface area (Å²) in [7, 11) is 1.53. The van der Waals surface area contributed by atoms with Gasteiger partial charge in [-0.05, 0) is 42.8 Å². The Morgan fingerprint density at radius 2 is 2.11 bits per heavy atom. The minimum atomic E-state index is -0.943. The summed E-state index contributed by atoms with van der Waals surface area (Å²) in [5.74, 6) is 1.14. The fraction of sp³-hybridized carbons (Fsp3) is 0.300. The standard InChI is InChI=1S/C20H21NO7/c1-13(20(23)21-12-15-4-3-7-25-15)28-18(22)6-5-14-10-16(24-2)19-17(11-14)26-8-9-27-19/h3-7,10-11,13H,8-9,12H2,1-2H3,(H,21,23)/b6-5+/t13-/m1/s1. The van der Waals surface area contributed by atoms with E-state index in [9.17, 15) is 9.59 Å². The fourth-order valence-electron chi connectivity index (χ4n) is 2.55. The van der Waals surface area contributed by atoms with E-state index in [1.54, 1.807) is 30.3 Å². The average Bonchev–Trinajstić information content (AvgIpc) is 3.23. The van der Waals surface area contributed by atoms with Gasteiger partial charge in [-0.1, -0.05) is 0 Å². The molecule has 0 fully saturated rings. The smallest absolute Gasteiger partial charge is 0.331 e. The molecule has 1 aliphatic heterocycles. The number of fused-ring (bicyclic) bond motifs is 1. The van der Waals surface area contributed by atoms with E-state index < -0.39 is 18.0 Å². The van der Waals surface area contributed by atoms with Gasteiger partial charge in [-0.25, -0.2) is 4.79 Å². The number of carbonyl (C=O) groups is 2. The minimum absolute atomic E-state index is 0.223. The molecule has 1 atom stereocenters. The van der Waals surface area contributed by atoms with Gasteiger partial charge in [0.15, 0.2) is 17.6 Å². The number of carbonyl (C=O) groups excluding carboxylic acids is 2. The number of nitrogens with one attached hydrogen (secondary N) is 1. The molecule has 0 saturated carbocycles. The summed E-state index contributed by atoms with van der Waals surface area (Å²) in [5.41, 5.74) is 0.674. The molecule has 1 amide bonds. The topological polar surface area (TPSA) is 96.2 Å². The molecule has 8 heteroatoms. The van der Waals surface area contributed by atoms with Crippen LogP contribution in [0.2, 0.25) is 0 Å². The van der Waals surface area contributed by atoms with Gasteiger partial charge in [0.2, 0.25) is 5.75 Å². The third-order valence-electron chi connectivity index (χ3n) is 3.94. The zero-order valence-corrected chi connectivity index (χ0v) is 15.6. The molecule has 2 aromatic rings. The molecule has 0 unspecified atom stereocenters. The zero-order valence-electron chi connectivity index (χ0n) is 15.6. The van der Waals surface area contributed by atoms with Crippen LogP contribution in [-0.4, -0.2) is 38.3 Å². The number of amides is 1. The summed E-state index contributed by atoms with van der Waals surface area (Å²) in [4.78, 5) is 24.0. The van der Waals surface area contributed by atoms with Crippen molar-refractivity contribution < 1.29 is 33.0 Å². The van der Waals surface area contributed by atoms with Crippen LogP contribution in [0.5, 0.6) is 17.2 Å². The van der Waals surface area contributed by atoms with Crippen molar-refractivity contribution in [3.05, 3.63) is 47.9 Å². The first-order valence-corrected chi connectivity index (χ1v) is 8.73. The maximum Gasteiger partial charge on any atom is 0.331 e. The Kier molecular flexibility index (Phi) is 6.21. The Labute approximate surface area is 162 Å². The number of furan rings is 1. The first-order chi connectivity index (χ1) is 13.6. The Balaban J connectivity index is 1.56. The Morgan fingerprint density at radius 1 is 1.29 bits per heavy atom. The van der Waals surface area contributed by atoms with Crippen LogP contribution in [-0.2, 0) is 20.9 Å². The van der Waals surface area contributed by atoms with Crippen LogP contribution < -0.4 is 19.5 Å². The lowest BCUT2D eigenvalue weighted by Crippen LogP contribution is -2.35. The number of methoxy groups -OCH3 is 1. The van der Waals surface area contributed by atoms with Gasteiger partial charge in [0.05, 0.1) is 19.9 Å². The van der Waals surface area contributed by atoms with E-state index in [0.717, 1.165) is 0 Å². The lowest BCUT2D eigenvalue weighted by Gasteiger charge is -2.20. The molecular weight excluding hydrogens is 366 g/mol. The number of rotatable bonds is 7. The van der Waals surface area contributed by atoms with Gasteiger partial charge < -0.3 is 28.7 Å². The monoisotopic (exact) mass is 387 g/mol. The molecule has 1 aromatic carbocycles. The van der Waals surface area contributed by atoms with E-state index in [4.69, 9.17) is 23.4 Å². The molecule has 148 valence electrons. The van der Waals surface area contributed by atoms with E-state index >= 15 is 0 Å². The van der Waals surface area contributed by atoms with E-state index in [-0.39, 0.29) is 6.54 Å². The maximum atomic E-state index is 12.0. The van der Waals surface area contributed by atoms with Crippen molar-refractivity contribution in [1.29, 1.82) is 0 Å². The quantitative estimate of drug-likeness (QED) is 0.575. The molecular formula is C20H21NO7. The molecule has 1 aliphatic rings. The Morgan fingerprint density at radius 3 is 2.86 bits per heavy atom. The summed E-state index contributed by atoms with van der Waals surface area (Å²) in [6, 6.07) is 6.92. The normalized spacial score (nSPS) is 13.8. The molecule has 0 radical (unpaired) electrons. The highest BCUT2D eigenvalue weighted by molar-refractivity contribution is 5.90. The first-order valence-electron chi connectivity index (χ1n) is 8.73. The van der Waals surface area contributed by atoms with Crippen LogP contribution in [0.1, 0.15) is 18.2 Å². The average molecular weight is 387 g/mol. The summed E-state index contributed by atoms with van der Waals surface area (Å²) in [5, 5.41) is 2.63. The molecule has 0 bridgehead atoms. The van der Waals surface area contributed by atoms with Crippen molar-refractivity contribution in [2.45, 2.75) is 19.6 Å². The summed E-state index contributed by atoms with van der Waals surface area (Å²) in [6.45, 7) is 2.61. The van der Waals surface area contributed by atoms with Crippen molar-refractivity contribution in [2.75, 3.05) is 20.3 Å². The lowest BCUT2D eigenvalue weighted by atomic mass is 10.1. The molecule has 0 saturated heterocycles. The predicted octanol–water partition coefficient (Wildman–Crippen LogP) is 2.32. The van der Waals surface area contributed by atoms with Gasteiger partial charge in [0.1, 0.15) is 19.0 Å². The van der Waals surface area contributed by atoms with Gasteiger partial charge in [-0.2, -0.15) is 0 Å². The SMILES string of the molecule is COc1cc(/C=C/C(=O)O[C@H](C)C(=O)NCc2ccco2)cc2c1OCCO2. The highest BCUT2D eigenvalue weighted by Gasteiger charge is 2.19. The number of ether oxygens (including phenoxy) is 4. The molecule has 0 spiro atoms. The van der Waals surface area contributed by atoms with Crippen LogP contribution >= 0.6 is 0 Å². The molecule has 28 heavy (non-hydrogen) atoms. The molecule has 8 nitrogen and oxygen atoms in total. The van der Waals surface area contributed by atoms with Gasteiger partial charge in [0.25, 0.3) is 5.91 Å². The van der Waals surface area contributed by atoms with E-state index in [2.05, 4.69) is 5.32 Å². The molecule has 2 heterocycles. The third-order valence-corrected chi connectivity index (χ3v) is 3.94. The molecule has 0 aliphatic carbocycles. The van der Waals surface area contributed by atoms with E-state index in [0.29, 0.717) is 41.8 Å². The number of benzene rings is 1. The molecule has 3 rings (SSSR count). The van der Waals surface area contributed by atoms with Crippen LogP contribution in [0.25, 0.3) is 6.08 Å². The van der Waals surface area contributed by atoms with Gasteiger partial charge in [0, 0.05) is 6.08 Å². The second-order valence-electron chi connectivity index (χ2n) is 5.96. The second kappa shape index (κ2) is 8.98. The van der Waals surface area contributed by atoms with Crippen LogP contribution in [0, 0.1) is 0 Å². The van der Waals surface area contributed by atoms with E-state index in [1.165, 1.54) is 26.4 Å². The number of hydrogen-bond donors (Lipinski definition) is 1. The van der Waals surface area contributed by atoms with Crippen molar-refractivity contribution in [1.82, 2.24) is 5.32 Å². The number of hydrogen-bond acceptors (Lipinski definition) is 7. The Bertz CT molecular complexity index is 840. The van der Waals surface area contributed by atoms with Crippen LogP contribution in [0.15, 0.2) is 41.0 Å². The van der Waals surface area contributed by atoms with Gasteiger partial charge in [-0.15, -0.1) is 0 Å². The summed E-state index contributed by atoms with van der Waals surface area (Å²) >= 11 is 0.